The Balaban J connectivity index is 3.50. The van der Waals surface area contributed by atoms with E-state index >= 15 is 0 Å². The largest absolute Gasteiger partial charge is 0.497 e. The minimum atomic E-state index is -5.07. The molecule has 0 aliphatic carbocycles. The maximum Gasteiger partial charge on any atom is 0.337 e. The fraction of sp³-hybridized carbons (Fsp3) is 0.125. The van der Waals surface area contributed by atoms with Gasteiger partial charge in [-0.15, -0.1) is 3.89 Å². The maximum absolute atomic E-state index is 12.7. The molecule has 0 aliphatic rings. The average molecular weight is 234 g/mol. The summed E-state index contributed by atoms with van der Waals surface area (Å²) in [6.45, 7) is 0. The SMILES string of the molecule is COc1ccc(C(=O)O)c(S(=O)(=O)F)c1. The molecule has 0 atom stereocenters. The van der Waals surface area contributed by atoms with Gasteiger partial charge in [0.2, 0.25) is 0 Å². The highest BCUT2D eigenvalue weighted by atomic mass is 32.3. The quantitative estimate of drug-likeness (QED) is 0.790. The number of aromatic carboxylic acids is 1. The van der Waals surface area contributed by atoms with E-state index in [-0.39, 0.29) is 5.75 Å². The molecule has 82 valence electrons. The molecule has 5 nitrogen and oxygen atoms in total. The van der Waals surface area contributed by atoms with Crippen molar-refractivity contribution >= 4 is 16.2 Å². The summed E-state index contributed by atoms with van der Waals surface area (Å²) < 4.78 is 38.7. The first-order valence-corrected chi connectivity index (χ1v) is 5.10. The van der Waals surface area contributed by atoms with Gasteiger partial charge in [-0.05, 0) is 12.1 Å². The van der Waals surface area contributed by atoms with Crippen LogP contribution in [0.4, 0.5) is 3.89 Å². The van der Waals surface area contributed by atoms with Crippen LogP contribution >= 0.6 is 0 Å². The molecule has 0 heterocycles. The highest BCUT2D eigenvalue weighted by molar-refractivity contribution is 7.86. The molecule has 1 rings (SSSR count). The van der Waals surface area contributed by atoms with Crippen LogP contribution in [0.3, 0.4) is 0 Å². The van der Waals surface area contributed by atoms with Gasteiger partial charge < -0.3 is 9.84 Å². The molecule has 1 N–H and O–H groups in total. The van der Waals surface area contributed by atoms with Crippen LogP contribution in [0.25, 0.3) is 0 Å². The molecular weight excluding hydrogens is 227 g/mol. The minimum absolute atomic E-state index is 0.0659. The van der Waals surface area contributed by atoms with Gasteiger partial charge in [-0.3, -0.25) is 0 Å². The normalized spacial score (nSPS) is 11.1. The number of hydrogen-bond donors (Lipinski definition) is 1. The first kappa shape index (κ1) is 11.4. The van der Waals surface area contributed by atoms with E-state index in [2.05, 4.69) is 4.74 Å². The van der Waals surface area contributed by atoms with Gasteiger partial charge in [0.15, 0.2) is 0 Å². The minimum Gasteiger partial charge on any atom is -0.497 e. The fourth-order valence-electron chi connectivity index (χ4n) is 1.01. The number of carboxylic acid groups (broad SMARTS) is 1. The maximum atomic E-state index is 12.7. The lowest BCUT2D eigenvalue weighted by Gasteiger charge is -2.04. The lowest BCUT2D eigenvalue weighted by molar-refractivity contribution is 0.0692. The smallest absolute Gasteiger partial charge is 0.337 e. The van der Waals surface area contributed by atoms with Gasteiger partial charge in [0.25, 0.3) is 0 Å². The summed E-state index contributed by atoms with van der Waals surface area (Å²) >= 11 is 0. The van der Waals surface area contributed by atoms with E-state index in [1.165, 1.54) is 13.2 Å². The Morgan fingerprint density at radius 3 is 2.47 bits per heavy atom. The molecule has 0 amide bonds. The summed E-state index contributed by atoms with van der Waals surface area (Å²) in [5.41, 5.74) is -0.627. The molecule has 0 radical (unpaired) electrons. The van der Waals surface area contributed by atoms with Crippen molar-refractivity contribution in [2.24, 2.45) is 0 Å². The summed E-state index contributed by atoms with van der Waals surface area (Å²) in [5.74, 6) is -1.45. The summed E-state index contributed by atoms with van der Waals surface area (Å²) in [6, 6.07) is 3.02. The molecule has 1 aromatic rings. The van der Waals surface area contributed by atoms with Crippen molar-refractivity contribution in [3.63, 3.8) is 0 Å². The number of ether oxygens (including phenoxy) is 1. The summed E-state index contributed by atoms with van der Waals surface area (Å²) in [4.78, 5) is 9.69. The van der Waals surface area contributed by atoms with Crippen molar-refractivity contribution in [1.82, 2.24) is 0 Å². The number of rotatable bonds is 3. The molecule has 7 heteroatoms. The van der Waals surface area contributed by atoms with Crippen LogP contribution < -0.4 is 4.74 Å². The second-order valence-corrected chi connectivity index (χ2v) is 3.92. The number of carbonyl (C=O) groups is 1. The molecule has 0 aliphatic heterocycles. The molecule has 0 aromatic heterocycles. The Kier molecular flexibility index (Phi) is 2.94. The van der Waals surface area contributed by atoms with Crippen LogP contribution in [-0.2, 0) is 10.2 Å². The Hall–Kier alpha value is -1.63. The number of hydrogen-bond acceptors (Lipinski definition) is 4. The van der Waals surface area contributed by atoms with E-state index in [0.717, 1.165) is 12.1 Å². The van der Waals surface area contributed by atoms with Crippen molar-refractivity contribution in [1.29, 1.82) is 0 Å². The second kappa shape index (κ2) is 3.85. The summed E-state index contributed by atoms with van der Waals surface area (Å²) in [6.07, 6.45) is 0. The first-order valence-electron chi connectivity index (χ1n) is 3.72. The van der Waals surface area contributed by atoms with Crippen LogP contribution in [0.5, 0.6) is 5.75 Å². The van der Waals surface area contributed by atoms with Crippen molar-refractivity contribution in [3.8, 4) is 5.75 Å². The highest BCUT2D eigenvalue weighted by Gasteiger charge is 2.22. The van der Waals surface area contributed by atoms with Crippen LogP contribution in [-0.4, -0.2) is 26.6 Å². The number of halogens is 1. The third-order valence-corrected chi connectivity index (χ3v) is 2.54. The van der Waals surface area contributed by atoms with Gasteiger partial charge in [-0.25, -0.2) is 4.79 Å². The number of carboxylic acids is 1. The zero-order valence-electron chi connectivity index (χ0n) is 7.60. The highest BCUT2D eigenvalue weighted by Crippen LogP contribution is 2.23. The predicted molar refractivity (Wildman–Crippen MR) is 48.2 cm³/mol. The van der Waals surface area contributed by atoms with Gasteiger partial charge in [-0.1, -0.05) is 0 Å². The number of benzene rings is 1. The van der Waals surface area contributed by atoms with Crippen LogP contribution in [0, 0.1) is 0 Å². The van der Waals surface area contributed by atoms with E-state index in [1.54, 1.807) is 0 Å². The van der Waals surface area contributed by atoms with Crippen LogP contribution in [0.15, 0.2) is 23.1 Å². The molecule has 0 saturated carbocycles. The summed E-state index contributed by atoms with van der Waals surface area (Å²) in [5, 5.41) is 8.62. The van der Waals surface area contributed by atoms with Gasteiger partial charge in [-0.2, -0.15) is 8.42 Å². The molecule has 0 fully saturated rings. The predicted octanol–water partition coefficient (Wildman–Crippen LogP) is 1.05. The zero-order chi connectivity index (χ0) is 11.6. The van der Waals surface area contributed by atoms with Crippen molar-refractivity contribution in [2.75, 3.05) is 7.11 Å². The summed E-state index contributed by atoms with van der Waals surface area (Å²) in [7, 11) is -3.82. The monoisotopic (exact) mass is 234 g/mol. The van der Waals surface area contributed by atoms with E-state index in [1.807, 2.05) is 0 Å². The van der Waals surface area contributed by atoms with Crippen molar-refractivity contribution in [2.45, 2.75) is 4.90 Å². The molecule has 15 heavy (non-hydrogen) atoms. The Morgan fingerprint density at radius 2 is 2.07 bits per heavy atom. The van der Waals surface area contributed by atoms with Gasteiger partial charge >= 0.3 is 16.2 Å². The van der Waals surface area contributed by atoms with E-state index in [0.29, 0.717) is 0 Å². The number of methoxy groups -OCH3 is 1. The average Bonchev–Trinajstić information content (AvgIpc) is 2.15. The molecule has 0 bridgehead atoms. The van der Waals surface area contributed by atoms with Crippen molar-refractivity contribution < 1.29 is 26.9 Å². The Bertz CT molecular complexity index is 494. The van der Waals surface area contributed by atoms with E-state index in [4.69, 9.17) is 5.11 Å². The van der Waals surface area contributed by atoms with E-state index in [9.17, 15) is 17.1 Å². The lowest BCUT2D eigenvalue weighted by Crippen LogP contribution is -2.05. The topological polar surface area (TPSA) is 80.7 Å². The lowest BCUT2D eigenvalue weighted by atomic mass is 10.2. The Morgan fingerprint density at radius 1 is 1.47 bits per heavy atom. The fourth-order valence-corrected chi connectivity index (χ4v) is 1.68. The third-order valence-electron chi connectivity index (χ3n) is 1.68. The zero-order valence-corrected chi connectivity index (χ0v) is 8.41. The third kappa shape index (κ3) is 2.44. The van der Waals surface area contributed by atoms with Crippen molar-refractivity contribution in [3.05, 3.63) is 23.8 Å². The molecule has 1 aromatic carbocycles. The van der Waals surface area contributed by atoms with E-state index < -0.39 is 26.7 Å². The molecule has 0 spiro atoms. The first-order chi connectivity index (χ1) is 6.86. The van der Waals surface area contributed by atoms with Gasteiger partial charge in [0.05, 0.1) is 12.7 Å². The molecule has 0 saturated heterocycles. The molecule has 0 unspecified atom stereocenters. The van der Waals surface area contributed by atoms with Gasteiger partial charge in [0.1, 0.15) is 10.6 Å². The van der Waals surface area contributed by atoms with Crippen LogP contribution in [0.1, 0.15) is 10.4 Å². The molecular formula is C8H7FO5S. The standard InChI is InChI=1S/C8H7FO5S/c1-14-5-2-3-6(8(10)11)7(4-5)15(9,12)13/h2-4H,1H3,(H,10,11). The van der Waals surface area contributed by atoms with Gasteiger partial charge in [0, 0.05) is 6.07 Å². The van der Waals surface area contributed by atoms with Crippen LogP contribution in [0.2, 0.25) is 0 Å². The second-order valence-electron chi connectivity index (χ2n) is 2.61. The Labute approximate surface area is 85.3 Å².